The average Bonchev–Trinajstić information content (AvgIpc) is 2.60. The molecule has 0 saturated heterocycles. The normalized spacial score (nSPS) is 10.9. The van der Waals surface area contributed by atoms with Crippen molar-refractivity contribution in [1.82, 2.24) is 0 Å². The lowest BCUT2D eigenvalue weighted by Crippen LogP contribution is -2.16. The van der Waals surface area contributed by atoms with Crippen LogP contribution in [0.2, 0.25) is 0 Å². The first-order chi connectivity index (χ1) is 12.4. The van der Waals surface area contributed by atoms with E-state index in [4.69, 9.17) is 19.5 Å². The Labute approximate surface area is 156 Å². The van der Waals surface area contributed by atoms with E-state index in [1.54, 1.807) is 18.2 Å². The van der Waals surface area contributed by atoms with E-state index in [0.717, 1.165) is 11.3 Å². The van der Waals surface area contributed by atoms with Crippen LogP contribution in [0.4, 0.5) is 0 Å². The molecule has 0 spiro atoms. The Morgan fingerprint density at radius 2 is 1.69 bits per heavy atom. The van der Waals surface area contributed by atoms with Crippen molar-refractivity contribution in [2.24, 2.45) is 0 Å². The maximum atomic E-state index is 9.01. The predicted octanol–water partition coefficient (Wildman–Crippen LogP) is 5.02. The van der Waals surface area contributed by atoms with Crippen LogP contribution in [0.1, 0.15) is 44.4 Å². The molecule has 2 rings (SSSR count). The summed E-state index contributed by atoms with van der Waals surface area (Å²) >= 11 is 0. The molecule has 0 fully saturated rings. The van der Waals surface area contributed by atoms with Crippen molar-refractivity contribution in [3.8, 4) is 23.3 Å². The van der Waals surface area contributed by atoms with Crippen LogP contribution in [0.15, 0.2) is 36.4 Å². The van der Waals surface area contributed by atoms with E-state index in [1.807, 2.05) is 6.92 Å². The van der Waals surface area contributed by atoms with Gasteiger partial charge in [0.15, 0.2) is 11.5 Å². The highest BCUT2D eigenvalue weighted by molar-refractivity contribution is 5.47. The van der Waals surface area contributed by atoms with Crippen LogP contribution in [0.5, 0.6) is 17.2 Å². The van der Waals surface area contributed by atoms with Gasteiger partial charge >= 0.3 is 0 Å². The lowest BCUT2D eigenvalue weighted by atomic mass is 9.85. The smallest absolute Gasteiger partial charge is 0.162 e. The fourth-order valence-electron chi connectivity index (χ4n) is 2.70. The summed E-state index contributed by atoms with van der Waals surface area (Å²) in [7, 11) is 0. The molecule has 0 aliphatic heterocycles. The molecule has 0 atom stereocenters. The molecule has 0 aliphatic rings. The Bertz CT molecular complexity index is 785. The molecule has 0 radical (unpaired) electrons. The number of hydrogen-bond donors (Lipinski definition) is 0. The van der Waals surface area contributed by atoms with Gasteiger partial charge in [-0.1, -0.05) is 39.0 Å². The summed E-state index contributed by atoms with van der Waals surface area (Å²) < 4.78 is 17.4. The number of nitriles is 1. The maximum Gasteiger partial charge on any atom is 0.162 e. The molecule has 0 bridgehead atoms. The largest absolute Gasteiger partial charge is 0.490 e. The molecule has 2 aromatic carbocycles. The van der Waals surface area contributed by atoms with Gasteiger partial charge in [0, 0.05) is 6.07 Å². The molecule has 0 unspecified atom stereocenters. The van der Waals surface area contributed by atoms with E-state index in [9.17, 15) is 0 Å². The molecule has 26 heavy (non-hydrogen) atoms. The Morgan fingerprint density at radius 3 is 2.35 bits per heavy atom. The van der Waals surface area contributed by atoms with Crippen LogP contribution < -0.4 is 14.2 Å². The molecular formula is C22H27NO3. The van der Waals surface area contributed by atoms with Gasteiger partial charge in [-0.3, -0.25) is 0 Å². The zero-order valence-electron chi connectivity index (χ0n) is 16.3. The first kappa shape index (κ1) is 19.7. The Balaban J connectivity index is 2.03. The summed E-state index contributed by atoms with van der Waals surface area (Å²) in [6.07, 6.45) is 0. The lowest BCUT2D eigenvalue weighted by molar-refractivity contribution is 0.205. The number of hydrogen-bond acceptors (Lipinski definition) is 4. The third kappa shape index (κ3) is 4.92. The lowest BCUT2D eigenvalue weighted by Gasteiger charge is -2.24. The van der Waals surface area contributed by atoms with Gasteiger partial charge in [0.05, 0.1) is 18.2 Å². The SMILES string of the molecule is CCOc1cc(C#N)ccc1OCCOc1c(C)cccc1C(C)(C)C. The van der Waals surface area contributed by atoms with Crippen molar-refractivity contribution < 1.29 is 14.2 Å². The molecular weight excluding hydrogens is 326 g/mol. The second-order valence-electron chi connectivity index (χ2n) is 7.10. The fourth-order valence-corrected chi connectivity index (χ4v) is 2.70. The molecule has 138 valence electrons. The van der Waals surface area contributed by atoms with Crippen LogP contribution in [0.3, 0.4) is 0 Å². The summed E-state index contributed by atoms with van der Waals surface area (Å²) in [5.41, 5.74) is 2.86. The van der Waals surface area contributed by atoms with E-state index in [2.05, 4.69) is 52.0 Å². The van der Waals surface area contributed by atoms with Crippen LogP contribution >= 0.6 is 0 Å². The third-order valence-electron chi connectivity index (χ3n) is 3.98. The summed E-state index contributed by atoms with van der Waals surface area (Å²) in [5, 5.41) is 9.01. The van der Waals surface area contributed by atoms with Gasteiger partial charge in [-0.25, -0.2) is 0 Å². The van der Waals surface area contributed by atoms with Crippen molar-refractivity contribution in [1.29, 1.82) is 5.26 Å². The summed E-state index contributed by atoms with van der Waals surface area (Å²) in [6.45, 7) is 11.8. The monoisotopic (exact) mass is 353 g/mol. The van der Waals surface area contributed by atoms with Crippen molar-refractivity contribution >= 4 is 0 Å². The number of nitrogens with zero attached hydrogens (tertiary/aromatic N) is 1. The fraction of sp³-hybridized carbons (Fsp3) is 0.409. The van der Waals surface area contributed by atoms with Crippen molar-refractivity contribution in [3.05, 3.63) is 53.1 Å². The molecule has 0 amide bonds. The number of ether oxygens (including phenoxy) is 3. The molecule has 2 aromatic rings. The third-order valence-corrected chi connectivity index (χ3v) is 3.98. The standard InChI is InChI=1S/C22H27NO3/c1-6-24-20-14-17(15-23)10-11-19(20)25-12-13-26-21-16(2)8-7-9-18(21)22(3,4)5/h7-11,14H,6,12-13H2,1-5H3. The highest BCUT2D eigenvalue weighted by Gasteiger charge is 2.20. The van der Waals surface area contributed by atoms with Crippen LogP contribution in [0.25, 0.3) is 0 Å². The topological polar surface area (TPSA) is 51.5 Å². The minimum Gasteiger partial charge on any atom is -0.490 e. The van der Waals surface area contributed by atoms with E-state index in [0.29, 0.717) is 36.9 Å². The predicted molar refractivity (Wildman–Crippen MR) is 103 cm³/mol. The van der Waals surface area contributed by atoms with Crippen molar-refractivity contribution in [2.45, 2.75) is 40.0 Å². The molecule has 0 aliphatic carbocycles. The Morgan fingerprint density at radius 1 is 0.962 bits per heavy atom. The molecule has 0 aromatic heterocycles. The quantitative estimate of drug-likeness (QED) is 0.656. The van der Waals surface area contributed by atoms with Crippen LogP contribution in [-0.2, 0) is 5.41 Å². The first-order valence-corrected chi connectivity index (χ1v) is 8.89. The van der Waals surface area contributed by atoms with E-state index in [-0.39, 0.29) is 5.41 Å². The number of benzene rings is 2. The van der Waals surface area contributed by atoms with Gasteiger partial charge in [-0.15, -0.1) is 0 Å². The van der Waals surface area contributed by atoms with Gasteiger partial charge in [-0.05, 0) is 42.5 Å². The molecule has 0 saturated carbocycles. The second-order valence-corrected chi connectivity index (χ2v) is 7.10. The maximum absolute atomic E-state index is 9.01. The minimum absolute atomic E-state index is 0.0114. The highest BCUT2D eigenvalue weighted by atomic mass is 16.5. The molecule has 0 heterocycles. The number of para-hydroxylation sites is 1. The number of rotatable bonds is 7. The van der Waals surface area contributed by atoms with Gasteiger partial charge in [-0.2, -0.15) is 5.26 Å². The van der Waals surface area contributed by atoms with Gasteiger partial charge in [0.25, 0.3) is 0 Å². The van der Waals surface area contributed by atoms with Crippen LogP contribution in [0, 0.1) is 18.3 Å². The van der Waals surface area contributed by atoms with Crippen molar-refractivity contribution in [2.75, 3.05) is 19.8 Å². The zero-order valence-corrected chi connectivity index (χ0v) is 16.3. The van der Waals surface area contributed by atoms with Gasteiger partial charge in [0.2, 0.25) is 0 Å². The Hall–Kier alpha value is -2.67. The minimum atomic E-state index is 0.0114. The Kier molecular flexibility index (Phi) is 6.52. The summed E-state index contributed by atoms with van der Waals surface area (Å²) in [4.78, 5) is 0. The van der Waals surface area contributed by atoms with Crippen LogP contribution in [-0.4, -0.2) is 19.8 Å². The van der Waals surface area contributed by atoms with E-state index in [1.165, 1.54) is 5.56 Å². The van der Waals surface area contributed by atoms with Gasteiger partial charge < -0.3 is 14.2 Å². The average molecular weight is 353 g/mol. The van der Waals surface area contributed by atoms with Gasteiger partial charge in [0.1, 0.15) is 19.0 Å². The first-order valence-electron chi connectivity index (χ1n) is 8.89. The molecule has 4 heteroatoms. The second kappa shape index (κ2) is 8.62. The van der Waals surface area contributed by atoms with E-state index < -0.39 is 0 Å². The number of aryl methyl sites for hydroxylation is 1. The molecule has 0 N–H and O–H groups in total. The highest BCUT2D eigenvalue weighted by Crippen LogP contribution is 2.34. The van der Waals surface area contributed by atoms with E-state index >= 15 is 0 Å². The summed E-state index contributed by atoms with van der Waals surface area (Å²) in [5.74, 6) is 2.13. The zero-order chi connectivity index (χ0) is 19.2. The molecule has 4 nitrogen and oxygen atoms in total. The van der Waals surface area contributed by atoms with Crippen molar-refractivity contribution in [3.63, 3.8) is 0 Å². The summed E-state index contributed by atoms with van der Waals surface area (Å²) in [6, 6.07) is 13.5.